The number of fused-ring (bicyclic) bond motifs is 1. The minimum absolute atomic E-state index is 0.348. The zero-order chi connectivity index (χ0) is 15.5. The van der Waals surface area contributed by atoms with Crippen molar-refractivity contribution in [1.29, 1.82) is 0 Å². The molecule has 0 radical (unpaired) electrons. The van der Waals surface area contributed by atoms with Crippen molar-refractivity contribution in [2.45, 2.75) is 31.7 Å². The van der Waals surface area contributed by atoms with Crippen LogP contribution in [0.4, 0.5) is 13.2 Å². The number of rotatable bonds is 4. The van der Waals surface area contributed by atoms with Crippen LogP contribution in [0.25, 0.3) is 0 Å². The predicted octanol–water partition coefficient (Wildman–Crippen LogP) is 2.42. The van der Waals surface area contributed by atoms with Crippen LogP contribution in [-0.4, -0.2) is 37.1 Å². The minimum Gasteiger partial charge on any atom is -0.490 e. The van der Waals surface area contributed by atoms with Gasteiger partial charge >= 0.3 is 6.18 Å². The summed E-state index contributed by atoms with van der Waals surface area (Å²) in [5.41, 5.74) is 0.772. The van der Waals surface area contributed by atoms with Crippen molar-refractivity contribution in [3.05, 3.63) is 23.8 Å². The molecule has 4 nitrogen and oxygen atoms in total. The summed E-state index contributed by atoms with van der Waals surface area (Å²) in [6.45, 7) is 2.30. The number of aliphatic hydroxyl groups excluding tert-OH is 1. The molecule has 1 aromatic rings. The van der Waals surface area contributed by atoms with Crippen LogP contribution >= 0.6 is 0 Å². The number of hydrogen-bond donors (Lipinski definition) is 2. The highest BCUT2D eigenvalue weighted by atomic mass is 19.4. The molecule has 0 fully saturated rings. The third-order valence-corrected chi connectivity index (χ3v) is 3.27. The molecule has 0 saturated carbocycles. The molecule has 0 aromatic heterocycles. The topological polar surface area (TPSA) is 50.7 Å². The van der Waals surface area contributed by atoms with Crippen LogP contribution in [0.5, 0.6) is 11.5 Å². The number of halogens is 3. The van der Waals surface area contributed by atoms with Gasteiger partial charge in [0.2, 0.25) is 0 Å². The summed E-state index contributed by atoms with van der Waals surface area (Å²) in [7, 11) is 0. The summed E-state index contributed by atoms with van der Waals surface area (Å²) in [4.78, 5) is 0. The first kappa shape index (κ1) is 15.9. The molecule has 7 heteroatoms. The first-order valence-corrected chi connectivity index (χ1v) is 6.75. The van der Waals surface area contributed by atoms with Crippen molar-refractivity contribution in [2.75, 3.05) is 19.8 Å². The van der Waals surface area contributed by atoms with Gasteiger partial charge in [-0.25, -0.2) is 0 Å². The largest absolute Gasteiger partial charge is 0.490 e. The Bertz CT molecular complexity index is 479. The molecule has 118 valence electrons. The SMILES string of the molecule is CC(NCC(O)C(F)(F)F)c1ccc2c(c1)OCCCO2. The van der Waals surface area contributed by atoms with Gasteiger partial charge in [0.05, 0.1) is 13.2 Å². The van der Waals surface area contributed by atoms with Gasteiger partial charge in [0, 0.05) is 19.0 Å². The van der Waals surface area contributed by atoms with Crippen LogP contribution in [0, 0.1) is 0 Å². The molecule has 2 N–H and O–H groups in total. The molecule has 1 heterocycles. The third kappa shape index (κ3) is 4.25. The molecule has 0 aliphatic carbocycles. The molecule has 0 bridgehead atoms. The number of aliphatic hydroxyl groups is 1. The van der Waals surface area contributed by atoms with Gasteiger partial charge in [-0.2, -0.15) is 13.2 Å². The maximum atomic E-state index is 12.2. The fourth-order valence-corrected chi connectivity index (χ4v) is 1.97. The summed E-state index contributed by atoms with van der Waals surface area (Å²) >= 11 is 0. The maximum absolute atomic E-state index is 12.2. The van der Waals surface area contributed by atoms with Gasteiger partial charge in [0.15, 0.2) is 17.6 Å². The fourth-order valence-electron chi connectivity index (χ4n) is 1.97. The number of hydrogen-bond acceptors (Lipinski definition) is 4. The van der Waals surface area contributed by atoms with E-state index in [4.69, 9.17) is 14.6 Å². The average molecular weight is 305 g/mol. The first-order valence-electron chi connectivity index (χ1n) is 6.75. The second kappa shape index (κ2) is 6.53. The van der Waals surface area contributed by atoms with E-state index >= 15 is 0 Å². The van der Waals surface area contributed by atoms with Crippen LogP contribution in [0.1, 0.15) is 24.9 Å². The Balaban J connectivity index is 1.99. The highest BCUT2D eigenvalue weighted by Gasteiger charge is 2.37. The van der Waals surface area contributed by atoms with Gasteiger partial charge in [-0.15, -0.1) is 0 Å². The second-order valence-corrected chi connectivity index (χ2v) is 4.94. The smallest absolute Gasteiger partial charge is 0.415 e. The summed E-state index contributed by atoms with van der Waals surface area (Å²) in [5, 5.41) is 11.6. The number of nitrogens with one attached hydrogen (secondary N) is 1. The first-order chi connectivity index (χ1) is 9.88. The minimum atomic E-state index is -4.61. The van der Waals surface area contributed by atoms with Gasteiger partial charge < -0.3 is 19.9 Å². The van der Waals surface area contributed by atoms with E-state index in [1.165, 1.54) is 0 Å². The highest BCUT2D eigenvalue weighted by Crippen LogP contribution is 2.32. The molecular weight excluding hydrogens is 287 g/mol. The van der Waals surface area contributed by atoms with E-state index in [9.17, 15) is 13.2 Å². The summed E-state index contributed by atoms with van der Waals surface area (Å²) in [6.07, 6.45) is -6.20. The number of ether oxygens (including phenoxy) is 2. The lowest BCUT2D eigenvalue weighted by atomic mass is 10.1. The van der Waals surface area contributed by atoms with E-state index in [1.807, 2.05) is 0 Å². The van der Waals surface area contributed by atoms with Crippen molar-refractivity contribution in [2.24, 2.45) is 0 Å². The molecular formula is C14H18F3NO3. The molecule has 2 atom stereocenters. The monoisotopic (exact) mass is 305 g/mol. The lowest BCUT2D eigenvalue weighted by Crippen LogP contribution is -2.39. The highest BCUT2D eigenvalue weighted by molar-refractivity contribution is 5.44. The van der Waals surface area contributed by atoms with Crippen LogP contribution in [0.2, 0.25) is 0 Å². The fraction of sp³-hybridized carbons (Fsp3) is 0.571. The van der Waals surface area contributed by atoms with Crippen LogP contribution in [0.15, 0.2) is 18.2 Å². The van der Waals surface area contributed by atoms with Crippen LogP contribution in [-0.2, 0) is 0 Å². The van der Waals surface area contributed by atoms with E-state index in [0.717, 1.165) is 12.0 Å². The van der Waals surface area contributed by atoms with E-state index in [2.05, 4.69) is 5.32 Å². The van der Waals surface area contributed by atoms with Crippen molar-refractivity contribution in [3.8, 4) is 11.5 Å². The standard InChI is InChI=1S/C14H18F3NO3/c1-9(18-8-13(19)14(15,16)17)10-3-4-11-12(7-10)21-6-2-5-20-11/h3-4,7,9,13,18-19H,2,5-6,8H2,1H3. The Morgan fingerprint density at radius 2 is 1.90 bits per heavy atom. The predicted molar refractivity (Wildman–Crippen MR) is 70.5 cm³/mol. The van der Waals surface area contributed by atoms with Gasteiger partial charge in [-0.05, 0) is 24.6 Å². The normalized spacial score (nSPS) is 18.0. The molecule has 2 rings (SSSR count). The Labute approximate surface area is 120 Å². The number of alkyl halides is 3. The quantitative estimate of drug-likeness (QED) is 0.897. The van der Waals surface area contributed by atoms with Gasteiger partial charge in [-0.3, -0.25) is 0 Å². The second-order valence-electron chi connectivity index (χ2n) is 4.94. The molecule has 2 unspecified atom stereocenters. The van der Waals surface area contributed by atoms with Gasteiger partial charge in [0.25, 0.3) is 0 Å². The van der Waals surface area contributed by atoms with E-state index in [0.29, 0.717) is 24.7 Å². The summed E-state index contributed by atoms with van der Waals surface area (Å²) in [6, 6.07) is 4.91. The van der Waals surface area contributed by atoms with Crippen molar-refractivity contribution < 1.29 is 27.8 Å². The summed E-state index contributed by atoms with van der Waals surface area (Å²) < 4.78 is 47.8. The van der Waals surface area contributed by atoms with Crippen molar-refractivity contribution >= 4 is 0 Å². The molecule has 0 saturated heterocycles. The van der Waals surface area contributed by atoms with Gasteiger partial charge in [-0.1, -0.05) is 6.07 Å². The van der Waals surface area contributed by atoms with Crippen LogP contribution < -0.4 is 14.8 Å². The third-order valence-electron chi connectivity index (χ3n) is 3.27. The zero-order valence-corrected chi connectivity index (χ0v) is 11.6. The maximum Gasteiger partial charge on any atom is 0.415 e. The lowest BCUT2D eigenvalue weighted by molar-refractivity contribution is -0.202. The van der Waals surface area contributed by atoms with Crippen LogP contribution in [0.3, 0.4) is 0 Å². The molecule has 1 aliphatic rings. The van der Waals surface area contributed by atoms with E-state index < -0.39 is 18.8 Å². The number of benzene rings is 1. The van der Waals surface area contributed by atoms with Crippen molar-refractivity contribution in [1.82, 2.24) is 5.32 Å². The summed E-state index contributed by atoms with van der Waals surface area (Å²) in [5.74, 6) is 1.23. The molecule has 21 heavy (non-hydrogen) atoms. The van der Waals surface area contributed by atoms with E-state index in [1.54, 1.807) is 25.1 Å². The Morgan fingerprint density at radius 3 is 2.57 bits per heavy atom. The lowest BCUT2D eigenvalue weighted by Gasteiger charge is -2.20. The molecule has 1 aliphatic heterocycles. The molecule has 0 spiro atoms. The Kier molecular flexibility index (Phi) is 4.95. The van der Waals surface area contributed by atoms with Crippen molar-refractivity contribution in [3.63, 3.8) is 0 Å². The average Bonchev–Trinajstić information content (AvgIpc) is 2.67. The molecule has 0 amide bonds. The van der Waals surface area contributed by atoms with E-state index in [-0.39, 0.29) is 6.04 Å². The van der Waals surface area contributed by atoms with Gasteiger partial charge in [0.1, 0.15) is 0 Å². The Hall–Kier alpha value is -1.47. The zero-order valence-electron chi connectivity index (χ0n) is 11.6. The molecule has 1 aromatic carbocycles. The Morgan fingerprint density at radius 1 is 1.24 bits per heavy atom.